The molecule has 0 bridgehead atoms. The number of carbonyl (C=O) groups is 1. The number of nitrogens with zero attached hydrogens (tertiary/aromatic N) is 2. The average molecular weight is 504 g/mol. The fourth-order valence-corrected chi connectivity index (χ4v) is 4.80. The van der Waals surface area contributed by atoms with E-state index in [9.17, 15) is 9.90 Å². The second-order valence-electron chi connectivity index (χ2n) is 7.20. The number of aryl methyl sites for hydroxylation is 1. The molecule has 31 heavy (non-hydrogen) atoms. The lowest BCUT2D eigenvalue weighted by molar-refractivity contribution is -0.0553. The third-order valence-electron chi connectivity index (χ3n) is 5.53. The molecule has 1 aliphatic heterocycles. The highest BCUT2D eigenvalue weighted by Gasteiger charge is 2.53. The lowest BCUT2D eigenvalue weighted by atomic mass is 9.91. The van der Waals surface area contributed by atoms with E-state index >= 15 is 0 Å². The van der Waals surface area contributed by atoms with E-state index < -0.39 is 11.6 Å². The molecule has 8 heteroatoms. The van der Waals surface area contributed by atoms with Crippen molar-refractivity contribution < 1.29 is 19.4 Å². The van der Waals surface area contributed by atoms with E-state index in [0.717, 1.165) is 5.56 Å². The largest absolute Gasteiger partial charge is 0.497 e. The van der Waals surface area contributed by atoms with Crippen molar-refractivity contribution in [2.75, 3.05) is 14.2 Å². The van der Waals surface area contributed by atoms with Crippen LogP contribution < -0.4 is 9.47 Å². The molecule has 1 amide bonds. The van der Waals surface area contributed by atoms with E-state index in [4.69, 9.17) is 21.1 Å². The highest BCUT2D eigenvalue weighted by atomic mass is 79.9. The van der Waals surface area contributed by atoms with Crippen molar-refractivity contribution in [3.63, 3.8) is 0 Å². The molecule has 2 heterocycles. The molecular weight excluding hydrogens is 484 g/mol. The Bertz CT molecular complexity index is 1190. The molecule has 1 aromatic heterocycles. The third kappa shape index (κ3) is 3.37. The van der Waals surface area contributed by atoms with Gasteiger partial charge in [0.15, 0.2) is 5.72 Å². The Morgan fingerprint density at radius 3 is 2.61 bits per heavy atom. The number of hydrogen-bond acceptors (Lipinski definition) is 5. The van der Waals surface area contributed by atoms with Crippen molar-refractivity contribution in [2.24, 2.45) is 0 Å². The van der Waals surface area contributed by atoms with Crippen LogP contribution in [0.4, 0.5) is 0 Å². The summed E-state index contributed by atoms with van der Waals surface area (Å²) in [5.74, 6) is 0.747. The van der Waals surface area contributed by atoms with Gasteiger partial charge in [-0.1, -0.05) is 35.9 Å². The molecule has 6 nitrogen and oxygen atoms in total. The smallest absolute Gasteiger partial charge is 0.260 e. The van der Waals surface area contributed by atoms with Crippen molar-refractivity contribution >= 4 is 33.4 Å². The Morgan fingerprint density at radius 1 is 1.19 bits per heavy atom. The number of ether oxygens (including phenoxy) is 2. The number of fused-ring (bicyclic) bond motifs is 1. The zero-order valence-electron chi connectivity index (χ0n) is 17.1. The molecule has 0 spiro atoms. The monoisotopic (exact) mass is 502 g/mol. The van der Waals surface area contributed by atoms with Crippen LogP contribution in [-0.2, 0) is 12.3 Å². The highest BCUT2D eigenvalue weighted by molar-refractivity contribution is 9.10. The highest BCUT2D eigenvalue weighted by Crippen LogP contribution is 2.49. The van der Waals surface area contributed by atoms with E-state index in [1.54, 1.807) is 38.5 Å². The first kappa shape index (κ1) is 21.6. The number of aliphatic hydroxyl groups is 1. The number of rotatable bonds is 5. The van der Waals surface area contributed by atoms with Crippen molar-refractivity contribution in [3.8, 4) is 11.5 Å². The van der Waals surface area contributed by atoms with Gasteiger partial charge in [-0.25, -0.2) is 4.98 Å². The topological polar surface area (TPSA) is 71.9 Å². The molecule has 1 N–H and O–H groups in total. The van der Waals surface area contributed by atoms with Crippen LogP contribution in [0.3, 0.4) is 0 Å². The normalized spacial score (nSPS) is 17.6. The molecular formula is C23H20BrClN2O4. The molecule has 1 atom stereocenters. The van der Waals surface area contributed by atoms with E-state index in [-0.39, 0.29) is 17.3 Å². The maximum absolute atomic E-state index is 13.6. The minimum absolute atomic E-state index is 0.0411. The Kier molecular flexibility index (Phi) is 5.68. The Hall–Kier alpha value is -2.61. The van der Waals surface area contributed by atoms with Gasteiger partial charge in [0.05, 0.1) is 26.3 Å². The van der Waals surface area contributed by atoms with Gasteiger partial charge in [-0.15, -0.1) is 0 Å². The fraction of sp³-hybridized carbons (Fsp3) is 0.217. The van der Waals surface area contributed by atoms with Gasteiger partial charge in [0, 0.05) is 33.4 Å². The number of amides is 1. The van der Waals surface area contributed by atoms with E-state index in [0.29, 0.717) is 32.7 Å². The lowest BCUT2D eigenvalue weighted by Gasteiger charge is -2.36. The lowest BCUT2D eigenvalue weighted by Crippen LogP contribution is -2.44. The number of pyridine rings is 1. The maximum atomic E-state index is 13.6. The molecule has 0 aliphatic carbocycles. The van der Waals surface area contributed by atoms with Crippen LogP contribution in [0.1, 0.15) is 32.6 Å². The minimum atomic E-state index is -1.76. The zero-order valence-corrected chi connectivity index (χ0v) is 19.5. The van der Waals surface area contributed by atoms with Crippen LogP contribution in [0.5, 0.6) is 11.5 Å². The van der Waals surface area contributed by atoms with E-state index in [1.807, 2.05) is 25.1 Å². The average Bonchev–Trinajstić information content (AvgIpc) is 3.00. The summed E-state index contributed by atoms with van der Waals surface area (Å²) in [6.07, 6.45) is 1.50. The van der Waals surface area contributed by atoms with Gasteiger partial charge >= 0.3 is 0 Å². The first-order valence-corrected chi connectivity index (χ1v) is 10.7. The second-order valence-corrected chi connectivity index (χ2v) is 8.42. The number of methoxy groups -OCH3 is 2. The number of aromatic nitrogens is 1. The molecule has 0 fully saturated rings. The summed E-state index contributed by atoms with van der Waals surface area (Å²) >= 11 is 9.79. The number of hydrogen-bond donors (Lipinski definition) is 1. The molecule has 1 unspecified atom stereocenters. The van der Waals surface area contributed by atoms with Crippen molar-refractivity contribution in [1.29, 1.82) is 0 Å². The molecule has 4 rings (SSSR count). The van der Waals surface area contributed by atoms with Crippen molar-refractivity contribution in [1.82, 2.24) is 9.88 Å². The van der Waals surface area contributed by atoms with Gasteiger partial charge < -0.3 is 14.6 Å². The van der Waals surface area contributed by atoms with Crippen LogP contribution in [0.15, 0.2) is 53.1 Å². The Morgan fingerprint density at radius 2 is 1.94 bits per heavy atom. The van der Waals surface area contributed by atoms with Gasteiger partial charge in [0.25, 0.3) is 5.91 Å². The molecule has 3 aromatic rings. The standard InChI is InChI=1S/C23H20BrClN2O4/c1-13-6-4-5-7-16(13)23(29)20-17(24)11-26-21(25)19(20)22(28)27(23)12-14-8-9-15(30-2)10-18(14)31-3/h4-11,29H,12H2,1-3H3. The summed E-state index contributed by atoms with van der Waals surface area (Å²) in [4.78, 5) is 19.0. The number of benzene rings is 2. The quantitative estimate of drug-likeness (QED) is 0.512. The van der Waals surface area contributed by atoms with Crippen LogP contribution in [0.2, 0.25) is 5.15 Å². The van der Waals surface area contributed by atoms with Crippen LogP contribution >= 0.6 is 27.5 Å². The van der Waals surface area contributed by atoms with Gasteiger partial charge in [0.1, 0.15) is 16.7 Å². The summed E-state index contributed by atoms with van der Waals surface area (Å²) in [5.41, 5.74) is 0.911. The minimum Gasteiger partial charge on any atom is -0.497 e. The first-order chi connectivity index (χ1) is 14.8. The molecule has 2 aromatic carbocycles. The molecule has 0 saturated carbocycles. The van der Waals surface area contributed by atoms with Crippen LogP contribution in [0.25, 0.3) is 0 Å². The van der Waals surface area contributed by atoms with Crippen molar-refractivity contribution in [3.05, 3.63) is 86.1 Å². The number of carbonyl (C=O) groups excluding carboxylic acids is 1. The van der Waals surface area contributed by atoms with Crippen LogP contribution in [0, 0.1) is 6.92 Å². The second kappa shape index (κ2) is 8.15. The Labute approximate surface area is 193 Å². The van der Waals surface area contributed by atoms with Crippen molar-refractivity contribution in [2.45, 2.75) is 19.2 Å². The maximum Gasteiger partial charge on any atom is 0.260 e. The summed E-state index contributed by atoms with van der Waals surface area (Å²) < 4.78 is 11.3. The summed E-state index contributed by atoms with van der Waals surface area (Å²) in [6, 6.07) is 12.7. The molecule has 0 radical (unpaired) electrons. The first-order valence-electron chi connectivity index (χ1n) is 9.48. The number of halogens is 2. The van der Waals surface area contributed by atoms with E-state index in [1.165, 1.54) is 11.1 Å². The summed E-state index contributed by atoms with van der Waals surface area (Å²) in [7, 11) is 3.11. The van der Waals surface area contributed by atoms with Gasteiger partial charge in [0.2, 0.25) is 0 Å². The van der Waals surface area contributed by atoms with Gasteiger partial charge in [-0.3, -0.25) is 9.69 Å². The SMILES string of the molecule is COc1ccc(CN2C(=O)c3c(Cl)ncc(Br)c3C2(O)c2ccccc2C)c(OC)c1. The molecule has 0 saturated heterocycles. The predicted molar refractivity (Wildman–Crippen MR) is 121 cm³/mol. The zero-order chi connectivity index (χ0) is 22.3. The Balaban J connectivity index is 1.93. The van der Waals surface area contributed by atoms with Gasteiger partial charge in [-0.2, -0.15) is 0 Å². The summed E-state index contributed by atoms with van der Waals surface area (Å²) in [6.45, 7) is 1.97. The van der Waals surface area contributed by atoms with E-state index in [2.05, 4.69) is 20.9 Å². The fourth-order valence-electron chi connectivity index (χ4n) is 4.00. The third-order valence-corrected chi connectivity index (χ3v) is 6.42. The van der Waals surface area contributed by atoms with Gasteiger partial charge in [-0.05, 0) is 40.5 Å². The van der Waals surface area contributed by atoms with Crippen LogP contribution in [-0.4, -0.2) is 35.1 Å². The molecule has 1 aliphatic rings. The molecule has 160 valence electrons. The summed E-state index contributed by atoms with van der Waals surface area (Å²) in [5, 5.41) is 12.2. The predicted octanol–water partition coefficient (Wildman–Crippen LogP) is 4.67.